The van der Waals surface area contributed by atoms with E-state index in [-0.39, 0.29) is 11.7 Å². The summed E-state index contributed by atoms with van der Waals surface area (Å²) in [6, 6.07) is 5.03. The van der Waals surface area contributed by atoms with Crippen molar-refractivity contribution in [3.8, 4) is 11.3 Å². The van der Waals surface area contributed by atoms with E-state index in [9.17, 15) is 4.39 Å². The van der Waals surface area contributed by atoms with Crippen molar-refractivity contribution in [2.24, 2.45) is 0 Å². The Balaban J connectivity index is 2.63. The van der Waals surface area contributed by atoms with Gasteiger partial charge in [0.15, 0.2) is 0 Å². The number of halogens is 2. The number of hydrogen-bond acceptors (Lipinski definition) is 3. The molecule has 2 aromatic rings. The van der Waals surface area contributed by atoms with E-state index in [1.807, 2.05) is 6.92 Å². The fraction of sp³-hybridized carbons (Fsp3) is 0.182. The van der Waals surface area contributed by atoms with Crippen molar-refractivity contribution in [2.45, 2.75) is 13.3 Å². The summed E-state index contributed by atoms with van der Waals surface area (Å²) < 4.78 is 19.1. The molecule has 0 unspecified atom stereocenters. The number of nitrogens with two attached hydrogens (primary N) is 1. The molecule has 0 bridgehead atoms. The van der Waals surface area contributed by atoms with Gasteiger partial charge in [0.25, 0.3) is 0 Å². The minimum Gasteiger partial charge on any atom is -0.367 e. The average molecular weight is 285 g/mol. The van der Waals surface area contributed by atoms with Gasteiger partial charge in [-0.25, -0.2) is 4.39 Å². The van der Waals surface area contributed by atoms with Crippen LogP contribution in [0.5, 0.6) is 0 Å². The molecule has 0 fully saturated rings. The Kier molecular flexibility index (Phi) is 2.96. The Morgan fingerprint density at radius 2 is 2.25 bits per heavy atom. The standard InChI is InChI=1S/C11H10BrFN2O/c1-2-6-10(15-16-11(6)14)7-4-3-5-8(12)9(7)13/h3-5H,2,14H2,1H3. The van der Waals surface area contributed by atoms with Crippen LogP contribution in [0.3, 0.4) is 0 Å². The van der Waals surface area contributed by atoms with Crippen molar-refractivity contribution in [3.05, 3.63) is 34.1 Å². The molecular weight excluding hydrogens is 275 g/mol. The number of aromatic nitrogens is 1. The molecule has 0 saturated carbocycles. The summed E-state index contributed by atoms with van der Waals surface area (Å²) in [4.78, 5) is 0. The predicted octanol–water partition coefficient (Wildman–Crippen LogP) is 3.39. The molecule has 2 rings (SSSR count). The Hall–Kier alpha value is -1.36. The summed E-state index contributed by atoms with van der Waals surface area (Å²) in [6.45, 7) is 1.92. The van der Waals surface area contributed by atoms with Crippen LogP contribution < -0.4 is 5.73 Å². The lowest BCUT2D eigenvalue weighted by Crippen LogP contribution is -1.92. The molecule has 0 amide bonds. The topological polar surface area (TPSA) is 52.0 Å². The Bertz CT molecular complexity index is 525. The number of rotatable bonds is 2. The van der Waals surface area contributed by atoms with E-state index < -0.39 is 0 Å². The van der Waals surface area contributed by atoms with Crippen molar-refractivity contribution >= 4 is 21.8 Å². The monoisotopic (exact) mass is 284 g/mol. The van der Waals surface area contributed by atoms with Crippen molar-refractivity contribution in [2.75, 3.05) is 5.73 Å². The molecule has 1 aromatic heterocycles. The minimum absolute atomic E-state index is 0.247. The van der Waals surface area contributed by atoms with E-state index >= 15 is 0 Å². The first-order chi connectivity index (χ1) is 7.65. The van der Waals surface area contributed by atoms with Gasteiger partial charge in [0.2, 0.25) is 5.88 Å². The van der Waals surface area contributed by atoms with Gasteiger partial charge < -0.3 is 10.3 Å². The molecule has 1 aromatic carbocycles. The van der Waals surface area contributed by atoms with Gasteiger partial charge in [-0.1, -0.05) is 18.1 Å². The molecule has 0 saturated heterocycles. The highest BCUT2D eigenvalue weighted by atomic mass is 79.9. The third-order valence-corrected chi connectivity index (χ3v) is 2.99. The van der Waals surface area contributed by atoms with Gasteiger partial charge in [0, 0.05) is 11.1 Å². The summed E-state index contributed by atoms with van der Waals surface area (Å²) in [5.41, 5.74) is 7.21. The third kappa shape index (κ3) is 1.71. The first kappa shape index (κ1) is 11.1. The van der Waals surface area contributed by atoms with Crippen LogP contribution in [0.25, 0.3) is 11.3 Å². The molecule has 16 heavy (non-hydrogen) atoms. The van der Waals surface area contributed by atoms with Gasteiger partial charge in [0.05, 0.1) is 4.47 Å². The quantitative estimate of drug-likeness (QED) is 0.920. The summed E-state index contributed by atoms with van der Waals surface area (Å²) in [5, 5.41) is 3.80. The number of anilines is 1. The average Bonchev–Trinajstić information content (AvgIpc) is 2.63. The molecule has 84 valence electrons. The molecule has 0 radical (unpaired) electrons. The number of nitrogens with zero attached hydrogens (tertiary/aromatic N) is 1. The lowest BCUT2D eigenvalue weighted by Gasteiger charge is -2.02. The van der Waals surface area contributed by atoms with E-state index in [1.165, 1.54) is 0 Å². The Morgan fingerprint density at radius 3 is 2.94 bits per heavy atom. The molecule has 5 heteroatoms. The summed E-state index contributed by atoms with van der Waals surface area (Å²) >= 11 is 3.13. The SMILES string of the molecule is CCc1c(-c2cccc(Br)c2F)noc1N. The van der Waals surface area contributed by atoms with Crippen molar-refractivity contribution in [3.63, 3.8) is 0 Å². The fourth-order valence-corrected chi connectivity index (χ4v) is 1.93. The van der Waals surface area contributed by atoms with Crippen LogP contribution in [0.15, 0.2) is 27.2 Å². The largest absolute Gasteiger partial charge is 0.367 e. The van der Waals surface area contributed by atoms with E-state index in [4.69, 9.17) is 10.3 Å². The molecule has 0 atom stereocenters. The zero-order valence-electron chi connectivity index (χ0n) is 8.63. The van der Waals surface area contributed by atoms with Gasteiger partial charge in [-0.2, -0.15) is 0 Å². The Labute approximate surface area is 101 Å². The van der Waals surface area contributed by atoms with E-state index in [0.717, 1.165) is 5.56 Å². The molecule has 0 spiro atoms. The van der Waals surface area contributed by atoms with Gasteiger partial charge in [-0.15, -0.1) is 0 Å². The molecule has 3 nitrogen and oxygen atoms in total. The van der Waals surface area contributed by atoms with E-state index in [2.05, 4.69) is 21.1 Å². The molecular formula is C11H10BrFN2O. The number of hydrogen-bond donors (Lipinski definition) is 1. The normalized spacial score (nSPS) is 10.7. The molecule has 0 aliphatic carbocycles. The second-order valence-electron chi connectivity index (χ2n) is 3.33. The third-order valence-electron chi connectivity index (χ3n) is 2.38. The van der Waals surface area contributed by atoms with Crippen molar-refractivity contribution in [1.29, 1.82) is 0 Å². The van der Waals surface area contributed by atoms with Gasteiger partial charge >= 0.3 is 0 Å². The van der Waals surface area contributed by atoms with E-state index in [0.29, 0.717) is 22.2 Å². The zero-order valence-corrected chi connectivity index (χ0v) is 10.2. The minimum atomic E-state index is -0.356. The second-order valence-corrected chi connectivity index (χ2v) is 4.18. The Morgan fingerprint density at radius 1 is 1.50 bits per heavy atom. The summed E-state index contributed by atoms with van der Waals surface area (Å²) in [6.07, 6.45) is 0.649. The molecule has 0 aliphatic heterocycles. The van der Waals surface area contributed by atoms with Crippen LogP contribution in [-0.2, 0) is 6.42 Å². The maximum Gasteiger partial charge on any atom is 0.225 e. The van der Waals surface area contributed by atoms with Gasteiger partial charge in [0.1, 0.15) is 11.5 Å². The van der Waals surface area contributed by atoms with Crippen LogP contribution in [0.4, 0.5) is 10.3 Å². The highest BCUT2D eigenvalue weighted by Gasteiger charge is 2.17. The molecule has 2 N–H and O–H groups in total. The van der Waals surface area contributed by atoms with Crippen molar-refractivity contribution < 1.29 is 8.91 Å². The van der Waals surface area contributed by atoms with E-state index in [1.54, 1.807) is 18.2 Å². The maximum absolute atomic E-state index is 13.8. The smallest absolute Gasteiger partial charge is 0.225 e. The fourth-order valence-electron chi connectivity index (χ4n) is 1.56. The summed E-state index contributed by atoms with van der Waals surface area (Å²) in [5.74, 6) is -0.109. The highest BCUT2D eigenvalue weighted by molar-refractivity contribution is 9.10. The van der Waals surface area contributed by atoms with Gasteiger partial charge in [-0.05, 0) is 34.5 Å². The van der Waals surface area contributed by atoms with Crippen LogP contribution >= 0.6 is 15.9 Å². The molecule has 0 aliphatic rings. The zero-order chi connectivity index (χ0) is 11.7. The van der Waals surface area contributed by atoms with Crippen molar-refractivity contribution in [1.82, 2.24) is 5.16 Å². The van der Waals surface area contributed by atoms with Gasteiger partial charge in [-0.3, -0.25) is 0 Å². The maximum atomic E-state index is 13.8. The number of benzene rings is 1. The molecule has 1 heterocycles. The number of nitrogen functional groups attached to an aromatic ring is 1. The van der Waals surface area contributed by atoms with Crippen LogP contribution in [0, 0.1) is 5.82 Å². The lowest BCUT2D eigenvalue weighted by atomic mass is 10.1. The van der Waals surface area contributed by atoms with Crippen LogP contribution in [0.1, 0.15) is 12.5 Å². The first-order valence-electron chi connectivity index (χ1n) is 4.83. The van der Waals surface area contributed by atoms with Crippen LogP contribution in [0.2, 0.25) is 0 Å². The second kappa shape index (κ2) is 4.25. The predicted molar refractivity (Wildman–Crippen MR) is 63.4 cm³/mol. The van der Waals surface area contributed by atoms with Crippen LogP contribution in [-0.4, -0.2) is 5.16 Å². The highest BCUT2D eigenvalue weighted by Crippen LogP contribution is 2.32. The first-order valence-corrected chi connectivity index (χ1v) is 5.62. The lowest BCUT2D eigenvalue weighted by molar-refractivity contribution is 0.438. The summed E-state index contributed by atoms with van der Waals surface area (Å²) in [7, 11) is 0.